The molecule has 0 radical (unpaired) electrons. The number of allylic oxidation sites excluding steroid dienone is 3. The van der Waals surface area contributed by atoms with E-state index in [1.165, 1.54) is 5.70 Å². The van der Waals surface area contributed by atoms with Crippen LogP contribution >= 0.6 is 11.6 Å². The van der Waals surface area contributed by atoms with Crippen LogP contribution in [0.4, 0.5) is 0 Å². The van der Waals surface area contributed by atoms with Gasteiger partial charge >= 0.3 is 0 Å². The lowest BCUT2D eigenvalue weighted by atomic mass is 9.88. The monoisotopic (exact) mass is 206 g/mol. The van der Waals surface area contributed by atoms with Gasteiger partial charge in [0.25, 0.3) is 0 Å². The van der Waals surface area contributed by atoms with Crippen LogP contribution in [-0.2, 0) is 0 Å². The molecule has 1 saturated heterocycles. The Hall–Kier alpha value is -1.02. The van der Waals surface area contributed by atoms with Gasteiger partial charge in [-0.25, -0.2) is 0 Å². The van der Waals surface area contributed by atoms with Gasteiger partial charge < -0.3 is 4.90 Å². The number of hydrogen-bond acceptors (Lipinski definition) is 2. The van der Waals surface area contributed by atoms with Crippen molar-refractivity contribution >= 4 is 17.8 Å². The van der Waals surface area contributed by atoms with Gasteiger partial charge in [-0.1, -0.05) is 6.08 Å². The summed E-state index contributed by atoms with van der Waals surface area (Å²) in [4.78, 5) is 6.82. The molecule has 1 fully saturated rings. The zero-order valence-electron chi connectivity index (χ0n) is 7.73. The van der Waals surface area contributed by atoms with Crippen LogP contribution in [0.15, 0.2) is 41.2 Å². The number of piperidine rings is 1. The minimum atomic E-state index is -0.288. The minimum absolute atomic E-state index is 0.0832. The zero-order chi connectivity index (χ0) is 9.60. The third kappa shape index (κ3) is 0.894. The van der Waals surface area contributed by atoms with Gasteiger partial charge in [0.05, 0.1) is 11.1 Å². The number of alkyl halides is 1. The van der Waals surface area contributed by atoms with E-state index >= 15 is 0 Å². The average molecular weight is 207 g/mol. The molecule has 2 atom stereocenters. The normalized spacial score (nSPS) is 38.2. The van der Waals surface area contributed by atoms with Gasteiger partial charge in [0.1, 0.15) is 5.54 Å². The summed E-state index contributed by atoms with van der Waals surface area (Å²) in [6.07, 6.45) is 13.1. The molecular formula is C11H11ClN2. The van der Waals surface area contributed by atoms with E-state index in [1.807, 2.05) is 18.4 Å². The topological polar surface area (TPSA) is 15.6 Å². The summed E-state index contributed by atoms with van der Waals surface area (Å²) in [5.74, 6) is 0. The van der Waals surface area contributed by atoms with Crippen molar-refractivity contribution in [3.05, 3.63) is 36.2 Å². The van der Waals surface area contributed by atoms with Gasteiger partial charge in [-0.2, -0.15) is 0 Å². The number of aliphatic imine (C=N–C) groups is 1. The molecular weight excluding hydrogens is 196 g/mol. The van der Waals surface area contributed by atoms with Crippen molar-refractivity contribution in [1.82, 2.24) is 4.90 Å². The van der Waals surface area contributed by atoms with Gasteiger partial charge in [-0.3, -0.25) is 4.99 Å². The largest absolute Gasteiger partial charge is 0.349 e. The maximum Gasteiger partial charge on any atom is 0.136 e. The SMILES string of the molecule is ClC1CCN2C=CC13N=CC=CC=C23. The van der Waals surface area contributed by atoms with Crippen LogP contribution in [0.25, 0.3) is 0 Å². The van der Waals surface area contributed by atoms with Crippen LogP contribution in [0.1, 0.15) is 6.42 Å². The molecule has 3 aliphatic rings. The highest BCUT2D eigenvalue weighted by Crippen LogP contribution is 2.44. The summed E-state index contributed by atoms with van der Waals surface area (Å²) in [5.41, 5.74) is 0.928. The Kier molecular flexibility index (Phi) is 1.62. The average Bonchev–Trinajstić information content (AvgIpc) is 2.40. The van der Waals surface area contributed by atoms with E-state index in [-0.39, 0.29) is 10.9 Å². The lowest BCUT2D eigenvalue weighted by Crippen LogP contribution is -2.44. The van der Waals surface area contributed by atoms with E-state index in [9.17, 15) is 0 Å². The Morgan fingerprint density at radius 3 is 3.36 bits per heavy atom. The van der Waals surface area contributed by atoms with Crippen LogP contribution in [0.3, 0.4) is 0 Å². The summed E-state index contributed by atoms with van der Waals surface area (Å²) in [5, 5.41) is 0.0832. The van der Waals surface area contributed by atoms with Crippen LogP contribution < -0.4 is 0 Å². The highest BCUT2D eigenvalue weighted by atomic mass is 35.5. The first-order valence-corrected chi connectivity index (χ1v) is 5.29. The standard InChI is InChI=1S/C11H11ClN2/c12-9-4-7-14-8-5-11(9)10(14)3-1-2-6-13-11/h1-3,5-6,8-9H,4,7H2. The molecule has 2 nitrogen and oxygen atoms in total. The Morgan fingerprint density at radius 2 is 2.43 bits per heavy atom. The summed E-state index contributed by atoms with van der Waals surface area (Å²) in [6, 6.07) is 0. The molecule has 72 valence electrons. The first kappa shape index (κ1) is 8.30. The van der Waals surface area contributed by atoms with Crippen molar-refractivity contribution in [3.8, 4) is 0 Å². The first-order chi connectivity index (χ1) is 6.83. The molecule has 0 aromatic carbocycles. The Labute approximate surface area is 88.3 Å². The second-order valence-electron chi connectivity index (χ2n) is 3.81. The van der Waals surface area contributed by atoms with Gasteiger partial charge in [-0.15, -0.1) is 11.6 Å². The van der Waals surface area contributed by atoms with Crippen molar-refractivity contribution in [3.63, 3.8) is 0 Å². The second kappa shape index (κ2) is 2.74. The molecule has 14 heavy (non-hydrogen) atoms. The summed E-state index contributed by atoms with van der Waals surface area (Å²) in [7, 11) is 0. The Balaban J connectivity index is 2.18. The van der Waals surface area contributed by atoms with Crippen LogP contribution in [0, 0.1) is 0 Å². The molecule has 0 aliphatic carbocycles. The zero-order valence-corrected chi connectivity index (χ0v) is 8.48. The van der Waals surface area contributed by atoms with Crippen molar-refractivity contribution in [2.24, 2.45) is 4.99 Å². The molecule has 0 N–H and O–H groups in total. The fourth-order valence-corrected chi connectivity index (χ4v) is 2.65. The predicted octanol–water partition coefficient (Wildman–Crippen LogP) is 2.09. The molecule has 0 aromatic heterocycles. The summed E-state index contributed by atoms with van der Waals surface area (Å²) < 4.78 is 0. The molecule has 3 heteroatoms. The fourth-order valence-electron chi connectivity index (χ4n) is 2.31. The number of nitrogens with zero attached hydrogens (tertiary/aromatic N) is 2. The molecule has 3 heterocycles. The van der Waals surface area contributed by atoms with Crippen LogP contribution in [0.5, 0.6) is 0 Å². The van der Waals surface area contributed by atoms with E-state index in [4.69, 9.17) is 11.6 Å². The molecule has 0 spiro atoms. The van der Waals surface area contributed by atoms with E-state index in [1.54, 1.807) is 0 Å². The maximum absolute atomic E-state index is 6.39. The van der Waals surface area contributed by atoms with Crippen LogP contribution in [0.2, 0.25) is 0 Å². The van der Waals surface area contributed by atoms with Gasteiger partial charge in [0.15, 0.2) is 0 Å². The highest BCUT2D eigenvalue weighted by Gasteiger charge is 2.47. The second-order valence-corrected chi connectivity index (χ2v) is 4.33. The fraction of sp³-hybridized carbons (Fsp3) is 0.364. The third-order valence-corrected chi connectivity index (χ3v) is 3.62. The van der Waals surface area contributed by atoms with Crippen LogP contribution in [-0.4, -0.2) is 28.6 Å². The summed E-state index contributed by atoms with van der Waals surface area (Å²) in [6.45, 7) is 1.00. The van der Waals surface area contributed by atoms with Gasteiger partial charge in [0, 0.05) is 19.0 Å². The first-order valence-electron chi connectivity index (χ1n) is 4.86. The maximum atomic E-state index is 6.39. The molecule has 3 rings (SSSR count). The van der Waals surface area contributed by atoms with Crippen molar-refractivity contribution in [2.75, 3.05) is 6.54 Å². The molecule has 2 bridgehead atoms. The van der Waals surface area contributed by atoms with Gasteiger partial charge in [0.2, 0.25) is 0 Å². The van der Waals surface area contributed by atoms with E-state index in [2.05, 4.69) is 28.2 Å². The van der Waals surface area contributed by atoms with E-state index in [0.29, 0.717) is 0 Å². The molecule has 0 amide bonds. The van der Waals surface area contributed by atoms with Crippen molar-refractivity contribution < 1.29 is 0 Å². The molecule has 0 aromatic rings. The van der Waals surface area contributed by atoms with Crippen molar-refractivity contribution in [1.29, 1.82) is 0 Å². The van der Waals surface area contributed by atoms with Crippen molar-refractivity contribution in [2.45, 2.75) is 17.3 Å². The lowest BCUT2D eigenvalue weighted by molar-refractivity contribution is 0.347. The third-order valence-electron chi connectivity index (χ3n) is 3.07. The molecule has 0 saturated carbocycles. The van der Waals surface area contributed by atoms with Gasteiger partial charge in [-0.05, 0) is 24.6 Å². The van der Waals surface area contributed by atoms with E-state index in [0.717, 1.165) is 13.0 Å². The summed E-state index contributed by atoms with van der Waals surface area (Å²) >= 11 is 6.39. The highest BCUT2D eigenvalue weighted by molar-refractivity contribution is 6.22. The predicted molar refractivity (Wildman–Crippen MR) is 58.6 cm³/mol. The minimum Gasteiger partial charge on any atom is -0.349 e. The quantitative estimate of drug-likeness (QED) is 0.555. The Morgan fingerprint density at radius 1 is 1.50 bits per heavy atom. The number of hydrogen-bond donors (Lipinski definition) is 0. The molecule has 3 aliphatic heterocycles. The number of halogens is 1. The molecule has 2 unspecified atom stereocenters. The van der Waals surface area contributed by atoms with E-state index < -0.39 is 0 Å². The Bertz CT molecular complexity index is 381. The number of rotatable bonds is 0. The lowest BCUT2D eigenvalue weighted by Gasteiger charge is -2.38. The smallest absolute Gasteiger partial charge is 0.136 e.